The van der Waals surface area contributed by atoms with Crippen molar-refractivity contribution in [3.63, 3.8) is 0 Å². The Morgan fingerprint density at radius 2 is 1.04 bits per heavy atom. The fraction of sp³-hybridized carbons (Fsp3) is 0.435. The zero-order chi connectivity index (χ0) is 49.3. The Morgan fingerprint density at radius 1 is 0.642 bits per heavy atom. The predicted molar refractivity (Wildman–Crippen MR) is 254 cm³/mol. The Morgan fingerprint density at radius 3 is 1.43 bits per heavy atom. The molecule has 2 fully saturated rings. The Kier molecular flexibility index (Phi) is 20.7. The number of nitrogens with one attached hydrogen (secondary N) is 3. The quantitative estimate of drug-likeness (QED) is 0.0468. The van der Waals surface area contributed by atoms with Crippen LogP contribution in [0.5, 0.6) is 0 Å². The number of sulfonamides is 2. The van der Waals surface area contributed by atoms with Crippen LogP contribution in [0.4, 0.5) is 17.1 Å². The average Bonchev–Trinajstić information content (AvgIpc) is 3.29. The third kappa shape index (κ3) is 17.3. The highest BCUT2D eigenvalue weighted by Gasteiger charge is 2.33. The zero-order valence-corrected chi connectivity index (χ0v) is 40.2. The van der Waals surface area contributed by atoms with Crippen LogP contribution in [-0.2, 0) is 52.2 Å². The van der Waals surface area contributed by atoms with Crippen LogP contribution in [0, 0.1) is 32.1 Å². The van der Waals surface area contributed by atoms with Crippen LogP contribution in [-0.4, -0.2) is 62.9 Å². The van der Waals surface area contributed by atoms with Gasteiger partial charge in [0.15, 0.2) is 0 Å². The van der Waals surface area contributed by atoms with E-state index in [-0.39, 0.29) is 74.3 Å². The van der Waals surface area contributed by atoms with Gasteiger partial charge in [0, 0.05) is 37.3 Å². The van der Waals surface area contributed by atoms with Crippen LogP contribution in [0.15, 0.2) is 107 Å². The molecule has 364 valence electrons. The molecule has 2 aliphatic carbocycles. The van der Waals surface area contributed by atoms with Gasteiger partial charge in [-0.25, -0.2) is 26.3 Å². The monoisotopic (exact) mass is 986 g/mol. The van der Waals surface area contributed by atoms with E-state index in [0.29, 0.717) is 64.5 Å². The van der Waals surface area contributed by atoms with Crippen molar-refractivity contribution >= 4 is 60.6 Å². The minimum atomic E-state index is -3.95. The van der Waals surface area contributed by atoms with E-state index in [4.69, 9.17) is 26.8 Å². The highest BCUT2D eigenvalue weighted by molar-refractivity contribution is 7.89. The highest BCUT2D eigenvalue weighted by Crippen LogP contribution is 2.32. The molecule has 4 aromatic carbocycles. The standard InChI is InChI=1S/C23H29N3O6S.C16H21ClN2O6S.C7H9N/c1-16(2)32-23(27)18-8-10-19(11-9-18)25-33(30,31)20-12-13-21(22(14-20)26(28)29)24-15-17-6-4-3-5-7-17;1-10(2)25-16(20)11-3-5-12(6-4-11)18-26(23,24)13-7-8-14(17)15(9-13)19(21)22;8-6-7-4-2-1-3-5-7/h3-7,12-14,16,18-19,24-25H,8-11,15H2,1-2H3;7-12,18H,3-6H2,1-2H3;1-5H,6,8H2. The molecule has 0 unspecified atom stereocenters. The van der Waals surface area contributed by atoms with Gasteiger partial charge >= 0.3 is 11.9 Å². The van der Waals surface area contributed by atoms with E-state index in [0.717, 1.165) is 17.7 Å². The molecule has 0 atom stereocenters. The van der Waals surface area contributed by atoms with Gasteiger partial charge in [-0.1, -0.05) is 72.3 Å². The van der Waals surface area contributed by atoms with Crippen LogP contribution in [0.3, 0.4) is 0 Å². The third-order valence-corrected chi connectivity index (χ3v) is 14.1. The molecule has 21 heteroatoms. The lowest BCUT2D eigenvalue weighted by Crippen LogP contribution is -2.39. The molecule has 0 saturated heterocycles. The number of carbonyl (C=O) groups is 2. The van der Waals surface area contributed by atoms with Gasteiger partial charge in [0.25, 0.3) is 11.4 Å². The number of nitro benzene ring substituents is 2. The second-order valence-corrected chi connectivity index (χ2v) is 20.5. The lowest BCUT2D eigenvalue weighted by atomic mass is 9.86. The molecule has 0 bridgehead atoms. The summed E-state index contributed by atoms with van der Waals surface area (Å²) >= 11 is 5.71. The van der Waals surface area contributed by atoms with Gasteiger partial charge in [-0.05, 0) is 114 Å². The fourth-order valence-corrected chi connectivity index (χ4v) is 10.1. The summed E-state index contributed by atoms with van der Waals surface area (Å²) in [7, 11) is -7.87. The molecule has 5 N–H and O–H groups in total. The van der Waals surface area contributed by atoms with E-state index >= 15 is 0 Å². The SMILES string of the molecule is CC(C)OC(=O)C1CCC(NS(=O)(=O)c2ccc(Cl)c([N+](=O)[O-])c2)CC1.CC(C)OC(=O)C1CCC(NS(=O)(=O)c2ccc(NCc3ccccc3)c([N+](=O)[O-])c2)CC1.NCc1ccccc1. The molecule has 0 heterocycles. The molecular formula is C46H59ClN6O12S2. The summed E-state index contributed by atoms with van der Waals surface area (Å²) in [5.41, 5.74) is 6.95. The summed E-state index contributed by atoms with van der Waals surface area (Å²) in [5.74, 6) is -0.964. The number of esters is 2. The Bertz CT molecular complexity index is 2500. The molecule has 0 aliphatic heterocycles. The first-order chi connectivity index (χ1) is 31.7. The third-order valence-electron chi connectivity index (χ3n) is 10.8. The molecule has 2 aliphatic rings. The number of anilines is 1. The second kappa shape index (κ2) is 25.6. The van der Waals surface area contributed by atoms with Crippen molar-refractivity contribution in [3.8, 4) is 0 Å². The largest absolute Gasteiger partial charge is 0.463 e. The fourth-order valence-electron chi connectivity index (χ4n) is 7.31. The maximum absolute atomic E-state index is 12.9. The second-order valence-electron chi connectivity index (χ2n) is 16.6. The number of nitro groups is 2. The number of hydrogen-bond acceptors (Lipinski definition) is 14. The van der Waals surface area contributed by atoms with E-state index in [2.05, 4.69) is 14.8 Å². The van der Waals surface area contributed by atoms with E-state index in [9.17, 15) is 46.7 Å². The van der Waals surface area contributed by atoms with Crippen molar-refractivity contribution in [2.75, 3.05) is 5.32 Å². The normalized spacial score (nSPS) is 18.3. The Labute approximate surface area is 396 Å². The molecule has 0 aromatic heterocycles. The van der Waals surface area contributed by atoms with Crippen molar-refractivity contribution in [2.24, 2.45) is 17.6 Å². The lowest BCUT2D eigenvalue weighted by Gasteiger charge is -2.28. The van der Waals surface area contributed by atoms with Crippen molar-refractivity contribution in [3.05, 3.63) is 133 Å². The van der Waals surface area contributed by atoms with Gasteiger partial charge in [0.2, 0.25) is 20.0 Å². The summed E-state index contributed by atoms with van der Waals surface area (Å²) < 4.78 is 66.3. The summed E-state index contributed by atoms with van der Waals surface area (Å²) in [6.07, 6.45) is 3.72. The maximum Gasteiger partial charge on any atom is 0.309 e. The maximum atomic E-state index is 12.9. The molecule has 0 radical (unpaired) electrons. The van der Waals surface area contributed by atoms with E-state index < -0.39 is 35.6 Å². The summed E-state index contributed by atoms with van der Waals surface area (Å²) in [4.78, 5) is 44.8. The zero-order valence-electron chi connectivity index (χ0n) is 37.8. The number of benzene rings is 4. The number of nitrogens with zero attached hydrogens (tertiary/aromatic N) is 2. The smallest absolute Gasteiger partial charge is 0.309 e. The predicted octanol–water partition coefficient (Wildman–Crippen LogP) is 8.18. The minimum Gasteiger partial charge on any atom is -0.463 e. The molecule has 18 nitrogen and oxygen atoms in total. The van der Waals surface area contributed by atoms with Crippen LogP contribution in [0.2, 0.25) is 5.02 Å². The molecular weight excluding hydrogens is 928 g/mol. The first kappa shape index (κ1) is 54.1. The van der Waals surface area contributed by atoms with Crippen LogP contribution >= 0.6 is 11.6 Å². The molecule has 6 rings (SSSR count). The molecule has 0 spiro atoms. The van der Waals surface area contributed by atoms with Gasteiger partial charge in [0.05, 0.1) is 43.7 Å². The average molecular weight is 988 g/mol. The van der Waals surface area contributed by atoms with Crippen LogP contribution in [0.1, 0.15) is 90.2 Å². The summed E-state index contributed by atoms with van der Waals surface area (Å²) in [6.45, 7) is 8.15. The van der Waals surface area contributed by atoms with Crippen LogP contribution < -0.4 is 20.5 Å². The summed E-state index contributed by atoms with van der Waals surface area (Å²) in [6, 6.07) is 25.9. The molecule has 4 aromatic rings. The number of rotatable bonds is 16. The highest BCUT2D eigenvalue weighted by atomic mass is 35.5. The van der Waals surface area contributed by atoms with Crippen LogP contribution in [0.25, 0.3) is 0 Å². The van der Waals surface area contributed by atoms with E-state index in [1.165, 1.54) is 29.8 Å². The minimum absolute atomic E-state index is 0.127. The number of carbonyl (C=O) groups excluding carboxylic acids is 2. The van der Waals surface area contributed by atoms with Gasteiger partial charge in [-0.15, -0.1) is 0 Å². The van der Waals surface area contributed by atoms with E-state index in [1.54, 1.807) is 27.7 Å². The van der Waals surface area contributed by atoms with Gasteiger partial charge < -0.3 is 20.5 Å². The topological polar surface area (TPSA) is 269 Å². The summed E-state index contributed by atoms with van der Waals surface area (Å²) in [5, 5.41) is 25.4. The van der Waals surface area contributed by atoms with Gasteiger partial charge in [0.1, 0.15) is 10.7 Å². The lowest BCUT2D eigenvalue weighted by molar-refractivity contribution is -0.384. The van der Waals surface area contributed by atoms with E-state index in [1.807, 2.05) is 60.7 Å². The van der Waals surface area contributed by atoms with Gasteiger partial charge in [-0.3, -0.25) is 29.8 Å². The molecule has 67 heavy (non-hydrogen) atoms. The first-order valence-corrected chi connectivity index (χ1v) is 25.2. The van der Waals surface area contributed by atoms with Crippen molar-refractivity contribution < 1.29 is 45.7 Å². The van der Waals surface area contributed by atoms with Crippen molar-refractivity contribution in [2.45, 2.75) is 126 Å². The molecule has 0 amide bonds. The van der Waals surface area contributed by atoms with Gasteiger partial charge in [-0.2, -0.15) is 0 Å². The molecule has 2 saturated carbocycles. The van der Waals surface area contributed by atoms with Crippen molar-refractivity contribution in [1.82, 2.24) is 9.44 Å². The number of halogens is 1. The Hall–Kier alpha value is -5.51. The number of nitrogens with two attached hydrogens (primary N) is 1. The Balaban J connectivity index is 0.000000255. The number of ether oxygens (including phenoxy) is 2. The number of hydrogen-bond donors (Lipinski definition) is 4. The van der Waals surface area contributed by atoms with Crippen molar-refractivity contribution in [1.29, 1.82) is 0 Å². The first-order valence-electron chi connectivity index (χ1n) is 21.9.